The Balaban J connectivity index is 1.80. The summed E-state index contributed by atoms with van der Waals surface area (Å²) in [4.78, 5) is 22.9. The average Bonchev–Trinajstić information content (AvgIpc) is 2.56. The molecule has 6 heteroatoms. The first kappa shape index (κ1) is 15.4. The SMILES string of the molecule is Cc1ccnc(NC(=O)c2ccc(C)c(N3CCOCC3)c2)n1. The number of anilines is 2. The monoisotopic (exact) mass is 312 g/mol. The van der Waals surface area contributed by atoms with E-state index in [9.17, 15) is 4.79 Å². The zero-order valence-corrected chi connectivity index (χ0v) is 13.4. The van der Waals surface area contributed by atoms with Gasteiger partial charge in [0.1, 0.15) is 0 Å². The van der Waals surface area contributed by atoms with E-state index in [-0.39, 0.29) is 5.91 Å². The predicted molar refractivity (Wildman–Crippen MR) is 88.9 cm³/mol. The number of hydrogen-bond acceptors (Lipinski definition) is 5. The molecule has 1 aromatic carbocycles. The number of nitrogens with zero attached hydrogens (tertiary/aromatic N) is 3. The normalized spacial score (nSPS) is 14.6. The molecule has 1 fully saturated rings. The molecule has 1 aliphatic heterocycles. The zero-order valence-electron chi connectivity index (χ0n) is 13.4. The Morgan fingerprint density at radius 2 is 2.00 bits per heavy atom. The third kappa shape index (κ3) is 3.65. The number of rotatable bonds is 3. The van der Waals surface area contributed by atoms with Gasteiger partial charge in [-0.2, -0.15) is 0 Å². The van der Waals surface area contributed by atoms with Crippen LogP contribution in [0.3, 0.4) is 0 Å². The molecule has 1 aromatic heterocycles. The van der Waals surface area contributed by atoms with Crippen LogP contribution in [0, 0.1) is 13.8 Å². The number of hydrogen-bond donors (Lipinski definition) is 1. The molecule has 1 N–H and O–H groups in total. The maximum atomic E-state index is 12.4. The van der Waals surface area contributed by atoms with Crippen LogP contribution >= 0.6 is 0 Å². The minimum Gasteiger partial charge on any atom is -0.378 e. The van der Waals surface area contributed by atoms with Crippen LogP contribution in [0.2, 0.25) is 0 Å². The molecule has 120 valence electrons. The second-order valence-corrected chi connectivity index (χ2v) is 5.58. The summed E-state index contributed by atoms with van der Waals surface area (Å²) in [7, 11) is 0. The van der Waals surface area contributed by atoms with Gasteiger partial charge in [0, 0.05) is 36.2 Å². The van der Waals surface area contributed by atoms with Crippen molar-refractivity contribution in [2.75, 3.05) is 36.5 Å². The molecule has 0 atom stereocenters. The molecule has 0 radical (unpaired) electrons. The summed E-state index contributed by atoms with van der Waals surface area (Å²) in [5, 5.41) is 2.74. The summed E-state index contributed by atoms with van der Waals surface area (Å²) >= 11 is 0. The van der Waals surface area contributed by atoms with Crippen molar-refractivity contribution in [2.45, 2.75) is 13.8 Å². The van der Waals surface area contributed by atoms with Crippen LogP contribution < -0.4 is 10.2 Å². The highest BCUT2D eigenvalue weighted by Crippen LogP contribution is 2.23. The van der Waals surface area contributed by atoms with E-state index in [1.165, 1.54) is 0 Å². The summed E-state index contributed by atoms with van der Waals surface area (Å²) in [6, 6.07) is 7.51. The van der Waals surface area contributed by atoms with Gasteiger partial charge in [-0.15, -0.1) is 0 Å². The molecular weight excluding hydrogens is 292 g/mol. The first-order chi connectivity index (χ1) is 11.1. The van der Waals surface area contributed by atoms with Crippen molar-refractivity contribution >= 4 is 17.5 Å². The first-order valence-corrected chi connectivity index (χ1v) is 7.68. The number of carbonyl (C=O) groups excluding carboxylic acids is 1. The maximum absolute atomic E-state index is 12.4. The topological polar surface area (TPSA) is 67.4 Å². The van der Waals surface area contributed by atoms with Gasteiger partial charge in [-0.3, -0.25) is 10.1 Å². The van der Waals surface area contributed by atoms with Crippen LogP contribution in [0.5, 0.6) is 0 Å². The predicted octanol–water partition coefficient (Wildman–Crippen LogP) is 2.18. The van der Waals surface area contributed by atoms with Crippen molar-refractivity contribution in [3.8, 4) is 0 Å². The lowest BCUT2D eigenvalue weighted by atomic mass is 10.1. The van der Waals surface area contributed by atoms with Crippen LogP contribution in [-0.2, 0) is 4.74 Å². The Morgan fingerprint density at radius 1 is 1.22 bits per heavy atom. The second kappa shape index (κ2) is 6.75. The lowest BCUT2D eigenvalue weighted by molar-refractivity contribution is 0.102. The summed E-state index contributed by atoms with van der Waals surface area (Å²) in [5.41, 5.74) is 3.64. The highest BCUT2D eigenvalue weighted by atomic mass is 16.5. The quantitative estimate of drug-likeness (QED) is 0.941. The molecule has 6 nitrogen and oxygen atoms in total. The number of morpholine rings is 1. The summed E-state index contributed by atoms with van der Waals surface area (Å²) < 4.78 is 5.39. The van der Waals surface area contributed by atoms with E-state index >= 15 is 0 Å². The summed E-state index contributed by atoms with van der Waals surface area (Å²) in [5.74, 6) is 0.119. The number of aryl methyl sites for hydroxylation is 2. The number of aromatic nitrogens is 2. The van der Waals surface area contributed by atoms with E-state index in [0.29, 0.717) is 24.7 Å². The summed E-state index contributed by atoms with van der Waals surface area (Å²) in [6.07, 6.45) is 1.63. The Morgan fingerprint density at radius 3 is 2.74 bits per heavy atom. The van der Waals surface area contributed by atoms with E-state index in [0.717, 1.165) is 30.0 Å². The molecule has 2 aromatic rings. The molecule has 2 heterocycles. The van der Waals surface area contributed by atoms with Crippen LogP contribution in [0.25, 0.3) is 0 Å². The fraction of sp³-hybridized carbons (Fsp3) is 0.353. The molecule has 1 aliphatic rings. The average molecular weight is 312 g/mol. The highest BCUT2D eigenvalue weighted by molar-refractivity contribution is 6.04. The fourth-order valence-corrected chi connectivity index (χ4v) is 2.58. The van der Waals surface area contributed by atoms with Gasteiger partial charge in [-0.25, -0.2) is 9.97 Å². The standard InChI is InChI=1S/C17H20N4O2/c1-12-3-4-14(11-15(12)21-7-9-23-10-8-21)16(22)20-17-18-6-5-13(2)19-17/h3-6,11H,7-10H2,1-2H3,(H,18,19,20,22). The Labute approximate surface area is 135 Å². The van der Waals surface area contributed by atoms with E-state index in [1.54, 1.807) is 12.3 Å². The van der Waals surface area contributed by atoms with E-state index < -0.39 is 0 Å². The van der Waals surface area contributed by atoms with E-state index in [4.69, 9.17) is 4.74 Å². The van der Waals surface area contributed by atoms with Crippen molar-refractivity contribution in [3.05, 3.63) is 47.3 Å². The van der Waals surface area contributed by atoms with Crippen molar-refractivity contribution < 1.29 is 9.53 Å². The third-order valence-electron chi connectivity index (χ3n) is 3.84. The molecule has 0 spiro atoms. The molecule has 1 amide bonds. The van der Waals surface area contributed by atoms with E-state index in [1.807, 2.05) is 25.1 Å². The van der Waals surface area contributed by atoms with Crippen LogP contribution in [0.4, 0.5) is 11.6 Å². The minimum absolute atomic E-state index is 0.204. The molecule has 23 heavy (non-hydrogen) atoms. The molecule has 0 saturated carbocycles. The van der Waals surface area contributed by atoms with Crippen molar-refractivity contribution in [1.82, 2.24) is 9.97 Å². The molecule has 0 bridgehead atoms. The lowest BCUT2D eigenvalue weighted by Crippen LogP contribution is -2.36. The van der Waals surface area contributed by atoms with Crippen molar-refractivity contribution in [3.63, 3.8) is 0 Å². The van der Waals surface area contributed by atoms with Crippen LogP contribution in [-0.4, -0.2) is 42.2 Å². The molecule has 3 rings (SSSR count). The molecule has 1 saturated heterocycles. The number of carbonyl (C=O) groups is 1. The van der Waals surface area contributed by atoms with Gasteiger partial charge >= 0.3 is 0 Å². The van der Waals surface area contributed by atoms with Gasteiger partial charge < -0.3 is 9.64 Å². The zero-order chi connectivity index (χ0) is 16.2. The number of ether oxygens (including phenoxy) is 1. The maximum Gasteiger partial charge on any atom is 0.258 e. The van der Waals surface area contributed by atoms with Crippen LogP contribution in [0.1, 0.15) is 21.6 Å². The largest absolute Gasteiger partial charge is 0.378 e. The van der Waals surface area contributed by atoms with Gasteiger partial charge in [-0.05, 0) is 37.6 Å². The van der Waals surface area contributed by atoms with Crippen molar-refractivity contribution in [1.29, 1.82) is 0 Å². The Bertz CT molecular complexity index is 711. The molecule has 0 aliphatic carbocycles. The van der Waals surface area contributed by atoms with Gasteiger partial charge in [-0.1, -0.05) is 6.07 Å². The second-order valence-electron chi connectivity index (χ2n) is 5.58. The van der Waals surface area contributed by atoms with Gasteiger partial charge in [0.25, 0.3) is 5.91 Å². The summed E-state index contributed by atoms with van der Waals surface area (Å²) in [6.45, 7) is 7.02. The lowest BCUT2D eigenvalue weighted by Gasteiger charge is -2.30. The minimum atomic E-state index is -0.204. The highest BCUT2D eigenvalue weighted by Gasteiger charge is 2.16. The number of benzene rings is 1. The Kier molecular flexibility index (Phi) is 4.52. The Hall–Kier alpha value is -2.47. The molecule has 0 unspecified atom stereocenters. The van der Waals surface area contributed by atoms with E-state index in [2.05, 4.69) is 27.1 Å². The first-order valence-electron chi connectivity index (χ1n) is 7.68. The van der Waals surface area contributed by atoms with Crippen LogP contribution in [0.15, 0.2) is 30.5 Å². The van der Waals surface area contributed by atoms with Crippen molar-refractivity contribution in [2.24, 2.45) is 0 Å². The van der Waals surface area contributed by atoms with Gasteiger partial charge in [0.15, 0.2) is 0 Å². The molecular formula is C17H20N4O2. The number of amides is 1. The van der Waals surface area contributed by atoms with Gasteiger partial charge in [0.05, 0.1) is 13.2 Å². The fourth-order valence-electron chi connectivity index (χ4n) is 2.58. The van der Waals surface area contributed by atoms with Gasteiger partial charge in [0.2, 0.25) is 5.95 Å². The third-order valence-corrected chi connectivity index (χ3v) is 3.84. The number of nitrogens with one attached hydrogen (secondary N) is 1. The smallest absolute Gasteiger partial charge is 0.258 e.